The molecule has 30 heavy (non-hydrogen) atoms. The zero-order valence-corrected chi connectivity index (χ0v) is 17.3. The predicted molar refractivity (Wildman–Crippen MR) is 113 cm³/mol. The van der Waals surface area contributed by atoms with Crippen molar-refractivity contribution in [3.05, 3.63) is 58.8 Å². The van der Waals surface area contributed by atoms with Gasteiger partial charge in [0, 0.05) is 10.7 Å². The lowest BCUT2D eigenvalue weighted by Crippen LogP contribution is -3.13. The second-order valence-electron chi connectivity index (χ2n) is 7.22. The smallest absolute Gasteiger partial charge is 0.289 e. The molecule has 10 heteroatoms. The maximum atomic E-state index is 12.4. The lowest BCUT2D eigenvalue weighted by molar-refractivity contribution is -0.918. The fourth-order valence-electron chi connectivity index (χ4n) is 3.36. The molecular weight excluding hydrogens is 406 g/mol. The van der Waals surface area contributed by atoms with Crippen molar-refractivity contribution in [2.75, 3.05) is 37.2 Å². The highest BCUT2D eigenvalue weighted by atomic mass is 35.5. The van der Waals surface area contributed by atoms with Crippen molar-refractivity contribution < 1.29 is 14.1 Å². The number of furan rings is 1. The van der Waals surface area contributed by atoms with Gasteiger partial charge in [-0.15, -0.1) is 0 Å². The summed E-state index contributed by atoms with van der Waals surface area (Å²) in [5.41, 5.74) is 7.66. The van der Waals surface area contributed by atoms with Gasteiger partial charge in [-0.1, -0.05) is 17.7 Å². The van der Waals surface area contributed by atoms with Gasteiger partial charge >= 0.3 is 0 Å². The molecule has 1 aliphatic rings. The SMILES string of the molecule is Cc1ccc(Nc2nc(N)nc(C[NH+]3CCN(C(=O)c4ccco4)CC3)n2)cc1Cl. The molecule has 1 amide bonds. The first-order chi connectivity index (χ1) is 14.5. The summed E-state index contributed by atoms with van der Waals surface area (Å²) in [5, 5.41) is 3.79. The molecule has 1 aromatic carbocycles. The molecule has 9 nitrogen and oxygen atoms in total. The molecule has 0 saturated carbocycles. The molecule has 3 heterocycles. The van der Waals surface area contributed by atoms with Crippen molar-refractivity contribution in [2.45, 2.75) is 13.5 Å². The number of benzene rings is 1. The van der Waals surface area contributed by atoms with Crippen LogP contribution in [0.2, 0.25) is 5.02 Å². The summed E-state index contributed by atoms with van der Waals surface area (Å²) in [6.45, 7) is 5.39. The maximum absolute atomic E-state index is 12.4. The lowest BCUT2D eigenvalue weighted by Gasteiger charge is -2.31. The van der Waals surface area contributed by atoms with E-state index in [0.29, 0.717) is 42.2 Å². The Kier molecular flexibility index (Phi) is 5.82. The van der Waals surface area contributed by atoms with Crippen LogP contribution >= 0.6 is 11.6 Å². The van der Waals surface area contributed by atoms with Crippen LogP contribution in [-0.4, -0.2) is 51.9 Å². The van der Waals surface area contributed by atoms with Gasteiger partial charge in [0.05, 0.1) is 32.4 Å². The molecule has 0 unspecified atom stereocenters. The number of aryl methyl sites for hydroxylation is 1. The van der Waals surface area contributed by atoms with E-state index < -0.39 is 0 Å². The first kappa shape index (κ1) is 20.1. The van der Waals surface area contributed by atoms with Crippen LogP contribution in [0.25, 0.3) is 0 Å². The molecule has 1 saturated heterocycles. The number of nitrogen functional groups attached to an aromatic ring is 1. The van der Waals surface area contributed by atoms with Crippen molar-refractivity contribution in [1.82, 2.24) is 19.9 Å². The van der Waals surface area contributed by atoms with Crippen LogP contribution in [-0.2, 0) is 6.54 Å². The second kappa shape index (κ2) is 8.68. The van der Waals surface area contributed by atoms with Crippen molar-refractivity contribution in [3.63, 3.8) is 0 Å². The molecule has 4 N–H and O–H groups in total. The number of nitrogens with zero attached hydrogens (tertiary/aromatic N) is 4. The predicted octanol–water partition coefficient (Wildman–Crippen LogP) is 1.29. The number of amides is 1. The number of anilines is 3. The third kappa shape index (κ3) is 4.69. The van der Waals surface area contributed by atoms with Gasteiger partial charge < -0.3 is 25.3 Å². The lowest BCUT2D eigenvalue weighted by atomic mass is 10.2. The number of rotatable bonds is 5. The molecule has 0 aliphatic carbocycles. The van der Waals surface area contributed by atoms with E-state index in [1.54, 1.807) is 17.0 Å². The van der Waals surface area contributed by atoms with Gasteiger partial charge in [-0.05, 0) is 36.8 Å². The third-order valence-electron chi connectivity index (χ3n) is 5.02. The van der Waals surface area contributed by atoms with Gasteiger partial charge in [-0.3, -0.25) is 4.79 Å². The average molecular weight is 429 g/mol. The topological polar surface area (TPSA) is 115 Å². The van der Waals surface area contributed by atoms with Crippen LogP contribution in [0.15, 0.2) is 41.0 Å². The van der Waals surface area contributed by atoms with Crippen LogP contribution in [0.5, 0.6) is 0 Å². The summed E-state index contributed by atoms with van der Waals surface area (Å²) in [6.07, 6.45) is 1.51. The standard InChI is InChI=1S/C20H22ClN7O2/c1-13-4-5-14(11-15(13)21)23-20-25-17(24-19(22)26-20)12-27-6-8-28(9-7-27)18(29)16-3-2-10-30-16/h2-5,10-11H,6-9,12H2,1H3,(H3,22,23,24,25,26)/p+1. The molecule has 2 aromatic heterocycles. The van der Waals surface area contributed by atoms with E-state index >= 15 is 0 Å². The number of piperazine rings is 1. The summed E-state index contributed by atoms with van der Waals surface area (Å²) >= 11 is 6.18. The van der Waals surface area contributed by atoms with Gasteiger partial charge in [-0.25, -0.2) is 0 Å². The Labute approximate surface area is 178 Å². The van der Waals surface area contributed by atoms with Crippen molar-refractivity contribution in [1.29, 1.82) is 0 Å². The van der Waals surface area contributed by atoms with Crippen LogP contribution in [0, 0.1) is 6.92 Å². The van der Waals surface area contributed by atoms with Gasteiger partial charge in [0.15, 0.2) is 11.6 Å². The zero-order valence-electron chi connectivity index (χ0n) is 16.6. The highest BCUT2D eigenvalue weighted by Gasteiger charge is 2.26. The molecular formula is C20H23ClN7O2+. The normalized spacial score (nSPS) is 14.7. The van der Waals surface area contributed by atoms with Crippen molar-refractivity contribution in [3.8, 4) is 0 Å². The number of carbonyl (C=O) groups excluding carboxylic acids is 1. The molecule has 1 aliphatic heterocycles. The number of aromatic nitrogens is 3. The van der Waals surface area contributed by atoms with E-state index in [1.165, 1.54) is 11.2 Å². The minimum atomic E-state index is -0.0771. The van der Waals surface area contributed by atoms with Crippen LogP contribution in [0.3, 0.4) is 0 Å². The highest BCUT2D eigenvalue weighted by Crippen LogP contribution is 2.22. The largest absolute Gasteiger partial charge is 0.459 e. The summed E-state index contributed by atoms with van der Waals surface area (Å²) in [4.78, 5) is 28.4. The van der Waals surface area contributed by atoms with Gasteiger partial charge in [0.2, 0.25) is 11.9 Å². The number of hydrogen-bond donors (Lipinski definition) is 3. The molecule has 3 aromatic rings. The number of nitrogens with one attached hydrogen (secondary N) is 2. The quantitative estimate of drug-likeness (QED) is 0.561. The van der Waals surface area contributed by atoms with E-state index in [2.05, 4.69) is 20.3 Å². The first-order valence-corrected chi connectivity index (χ1v) is 10.1. The maximum Gasteiger partial charge on any atom is 0.289 e. The molecule has 1 fully saturated rings. The number of nitrogens with two attached hydrogens (primary N) is 1. The fraction of sp³-hybridized carbons (Fsp3) is 0.300. The van der Waals surface area contributed by atoms with E-state index in [4.69, 9.17) is 21.8 Å². The molecule has 156 valence electrons. The summed E-state index contributed by atoms with van der Waals surface area (Å²) in [6, 6.07) is 9.04. The molecule has 4 rings (SSSR count). The Hall–Kier alpha value is -3.17. The van der Waals surface area contributed by atoms with E-state index in [-0.39, 0.29) is 11.9 Å². The molecule has 0 spiro atoms. The average Bonchev–Trinajstić information content (AvgIpc) is 3.25. The minimum absolute atomic E-state index is 0.0771. The van der Waals surface area contributed by atoms with Gasteiger partial charge in [0.25, 0.3) is 5.91 Å². The molecule has 0 bridgehead atoms. The van der Waals surface area contributed by atoms with E-state index in [0.717, 1.165) is 24.3 Å². The van der Waals surface area contributed by atoms with E-state index in [1.807, 2.05) is 25.1 Å². The van der Waals surface area contributed by atoms with Crippen molar-refractivity contribution in [2.24, 2.45) is 0 Å². The first-order valence-electron chi connectivity index (χ1n) is 9.68. The Morgan fingerprint density at radius 1 is 1.27 bits per heavy atom. The Bertz CT molecular complexity index is 1030. The third-order valence-corrected chi connectivity index (χ3v) is 5.43. The summed E-state index contributed by atoms with van der Waals surface area (Å²) in [7, 11) is 0. The highest BCUT2D eigenvalue weighted by molar-refractivity contribution is 6.31. The minimum Gasteiger partial charge on any atom is -0.459 e. The van der Waals surface area contributed by atoms with E-state index in [9.17, 15) is 4.79 Å². The summed E-state index contributed by atoms with van der Waals surface area (Å²) in [5.74, 6) is 1.43. The van der Waals surface area contributed by atoms with Crippen molar-refractivity contribution >= 4 is 35.1 Å². The number of carbonyl (C=O) groups is 1. The Morgan fingerprint density at radius 3 is 2.77 bits per heavy atom. The Morgan fingerprint density at radius 2 is 2.07 bits per heavy atom. The monoisotopic (exact) mass is 428 g/mol. The number of quaternary nitrogens is 1. The number of hydrogen-bond acceptors (Lipinski definition) is 7. The number of halogens is 1. The van der Waals surface area contributed by atoms with Crippen LogP contribution in [0.4, 0.5) is 17.6 Å². The van der Waals surface area contributed by atoms with Gasteiger partial charge in [0.1, 0.15) is 6.54 Å². The molecule has 0 radical (unpaired) electrons. The Balaban J connectivity index is 1.38. The zero-order chi connectivity index (χ0) is 21.1. The van der Waals surface area contributed by atoms with Gasteiger partial charge in [-0.2, -0.15) is 15.0 Å². The molecule has 0 atom stereocenters. The fourth-order valence-corrected chi connectivity index (χ4v) is 3.54. The van der Waals surface area contributed by atoms with Crippen LogP contribution in [0.1, 0.15) is 21.9 Å². The summed E-state index contributed by atoms with van der Waals surface area (Å²) < 4.78 is 5.21. The second-order valence-corrected chi connectivity index (χ2v) is 7.63. The van der Waals surface area contributed by atoms with Crippen LogP contribution < -0.4 is 16.0 Å².